The van der Waals surface area contributed by atoms with Crippen LogP contribution in [0.4, 0.5) is 5.69 Å². The van der Waals surface area contributed by atoms with E-state index in [0.29, 0.717) is 12.1 Å². The Labute approximate surface area is 130 Å². The molecular formula is C18H20N2O2. The molecule has 0 bridgehead atoms. The molecule has 2 N–H and O–H groups in total. The van der Waals surface area contributed by atoms with Gasteiger partial charge in [-0.25, -0.2) is 0 Å². The molecule has 0 aromatic heterocycles. The molecule has 1 heterocycles. The van der Waals surface area contributed by atoms with Gasteiger partial charge in [-0.15, -0.1) is 0 Å². The predicted octanol–water partition coefficient (Wildman–Crippen LogP) is 2.34. The molecule has 1 aliphatic heterocycles. The van der Waals surface area contributed by atoms with Crippen LogP contribution in [0, 0.1) is 0 Å². The molecule has 1 unspecified atom stereocenters. The van der Waals surface area contributed by atoms with Crippen molar-refractivity contribution in [1.82, 2.24) is 0 Å². The van der Waals surface area contributed by atoms with Crippen molar-refractivity contribution in [2.45, 2.75) is 26.3 Å². The third-order valence-corrected chi connectivity index (χ3v) is 4.41. The summed E-state index contributed by atoms with van der Waals surface area (Å²) in [7, 11) is 0. The van der Waals surface area contributed by atoms with Crippen molar-refractivity contribution >= 4 is 22.8 Å². The molecule has 2 aliphatic rings. The highest BCUT2D eigenvalue weighted by molar-refractivity contribution is 6.03. The maximum atomic E-state index is 11.7. The van der Waals surface area contributed by atoms with Gasteiger partial charge in [0.05, 0.1) is 6.04 Å². The Hall–Kier alpha value is -2.20. The van der Waals surface area contributed by atoms with Gasteiger partial charge < -0.3 is 10.6 Å². The van der Waals surface area contributed by atoms with Crippen LogP contribution in [0.15, 0.2) is 35.9 Å². The van der Waals surface area contributed by atoms with Crippen LogP contribution in [-0.2, 0) is 4.79 Å². The number of nitrogens with two attached hydrogens (primary N) is 1. The van der Waals surface area contributed by atoms with Crippen molar-refractivity contribution in [2.75, 3.05) is 18.0 Å². The molecule has 1 atom stereocenters. The van der Waals surface area contributed by atoms with Gasteiger partial charge in [0.1, 0.15) is 0 Å². The van der Waals surface area contributed by atoms with Gasteiger partial charge in [-0.05, 0) is 50.1 Å². The van der Waals surface area contributed by atoms with E-state index < -0.39 is 0 Å². The minimum absolute atomic E-state index is 0.0513. The van der Waals surface area contributed by atoms with E-state index in [1.807, 2.05) is 30.4 Å². The molecule has 0 saturated carbocycles. The molecule has 0 fully saturated rings. The van der Waals surface area contributed by atoms with Crippen LogP contribution in [0.5, 0.6) is 0 Å². The fraction of sp³-hybridized carbons (Fsp3) is 0.333. The van der Waals surface area contributed by atoms with Crippen LogP contribution in [-0.4, -0.2) is 30.7 Å². The molecule has 4 nitrogen and oxygen atoms in total. The van der Waals surface area contributed by atoms with Crippen molar-refractivity contribution < 1.29 is 9.59 Å². The smallest absolute Gasteiger partial charge is 0.159 e. The van der Waals surface area contributed by atoms with Crippen molar-refractivity contribution in [3.8, 4) is 0 Å². The van der Waals surface area contributed by atoms with Gasteiger partial charge in [-0.2, -0.15) is 0 Å². The summed E-state index contributed by atoms with van der Waals surface area (Å²) in [5.41, 5.74) is 10.5. The van der Waals surface area contributed by atoms with E-state index >= 15 is 0 Å². The lowest BCUT2D eigenvalue weighted by molar-refractivity contribution is -0.113. The zero-order chi connectivity index (χ0) is 15.9. The number of rotatable bonds is 4. The van der Waals surface area contributed by atoms with Crippen LogP contribution in [0.25, 0.3) is 5.57 Å². The molecule has 3 rings (SSSR count). The Kier molecular flexibility index (Phi) is 3.71. The van der Waals surface area contributed by atoms with Crippen LogP contribution in [0.2, 0.25) is 0 Å². The zero-order valence-corrected chi connectivity index (χ0v) is 12.9. The van der Waals surface area contributed by atoms with E-state index in [-0.39, 0.29) is 17.6 Å². The Morgan fingerprint density at radius 2 is 2.05 bits per heavy atom. The van der Waals surface area contributed by atoms with Crippen LogP contribution in [0.1, 0.15) is 36.2 Å². The average molecular weight is 296 g/mol. The number of fused-ring (bicyclic) bond motifs is 3. The maximum absolute atomic E-state index is 11.7. The van der Waals surface area contributed by atoms with E-state index in [1.165, 1.54) is 0 Å². The summed E-state index contributed by atoms with van der Waals surface area (Å²) in [6.07, 6.45) is 4.76. The number of ketones is 2. The molecular weight excluding hydrogens is 276 g/mol. The minimum Gasteiger partial charge on any atom is -0.362 e. The van der Waals surface area contributed by atoms with E-state index in [2.05, 4.69) is 4.90 Å². The number of nitrogens with zero attached hydrogens (tertiary/aromatic N) is 1. The van der Waals surface area contributed by atoms with E-state index in [4.69, 9.17) is 5.73 Å². The molecule has 1 aliphatic carbocycles. The molecule has 0 saturated heterocycles. The Bertz CT molecular complexity index is 716. The number of allylic oxidation sites excluding steroid dienone is 2. The zero-order valence-electron chi connectivity index (χ0n) is 12.9. The lowest BCUT2D eigenvalue weighted by Crippen LogP contribution is -2.36. The highest BCUT2D eigenvalue weighted by atomic mass is 16.1. The molecule has 1 aromatic carbocycles. The summed E-state index contributed by atoms with van der Waals surface area (Å²) in [4.78, 5) is 25.6. The topological polar surface area (TPSA) is 63.4 Å². The van der Waals surface area contributed by atoms with Crippen LogP contribution >= 0.6 is 0 Å². The van der Waals surface area contributed by atoms with Crippen LogP contribution in [0.3, 0.4) is 0 Å². The fourth-order valence-electron chi connectivity index (χ4n) is 3.31. The number of hydrogen-bond acceptors (Lipinski definition) is 4. The van der Waals surface area contributed by atoms with Crippen molar-refractivity contribution in [3.05, 3.63) is 47.1 Å². The molecule has 22 heavy (non-hydrogen) atoms. The van der Waals surface area contributed by atoms with E-state index in [9.17, 15) is 9.59 Å². The van der Waals surface area contributed by atoms with Crippen molar-refractivity contribution in [3.63, 3.8) is 0 Å². The van der Waals surface area contributed by atoms with Gasteiger partial charge in [0.15, 0.2) is 11.6 Å². The number of hydrogen-bond donors (Lipinski definition) is 1. The first-order valence-corrected chi connectivity index (χ1v) is 7.57. The highest BCUT2D eigenvalue weighted by Crippen LogP contribution is 2.44. The van der Waals surface area contributed by atoms with Gasteiger partial charge in [-0.3, -0.25) is 9.59 Å². The monoisotopic (exact) mass is 296 g/mol. The summed E-state index contributed by atoms with van der Waals surface area (Å²) >= 11 is 0. The lowest BCUT2D eigenvalue weighted by atomic mass is 9.90. The summed E-state index contributed by atoms with van der Waals surface area (Å²) in [5.74, 6) is 0.128. The fourth-order valence-corrected chi connectivity index (χ4v) is 3.31. The third kappa shape index (κ3) is 2.29. The number of anilines is 1. The number of benzene rings is 1. The van der Waals surface area contributed by atoms with E-state index in [1.54, 1.807) is 13.8 Å². The van der Waals surface area contributed by atoms with Gasteiger partial charge >= 0.3 is 0 Å². The van der Waals surface area contributed by atoms with Gasteiger partial charge in [0.25, 0.3) is 0 Å². The summed E-state index contributed by atoms with van der Waals surface area (Å²) in [6, 6.07) is 6.01. The SMILES string of the molecule is CC(=O)C1=CCC2C(=C1)c1cc(C(C)=O)ccc1N2CCN. The second-order valence-electron chi connectivity index (χ2n) is 5.84. The van der Waals surface area contributed by atoms with Crippen molar-refractivity contribution in [1.29, 1.82) is 0 Å². The van der Waals surface area contributed by atoms with Gasteiger partial charge in [0, 0.05) is 35.5 Å². The van der Waals surface area contributed by atoms with Gasteiger partial charge in [-0.1, -0.05) is 6.08 Å². The Morgan fingerprint density at radius 3 is 2.68 bits per heavy atom. The van der Waals surface area contributed by atoms with E-state index in [0.717, 1.165) is 35.4 Å². The summed E-state index contributed by atoms with van der Waals surface area (Å²) < 4.78 is 0. The maximum Gasteiger partial charge on any atom is 0.159 e. The van der Waals surface area contributed by atoms with Gasteiger partial charge in [0.2, 0.25) is 0 Å². The first kappa shape index (κ1) is 14.7. The predicted molar refractivity (Wildman–Crippen MR) is 88.0 cm³/mol. The largest absolute Gasteiger partial charge is 0.362 e. The number of carbonyl (C=O) groups is 2. The highest BCUT2D eigenvalue weighted by Gasteiger charge is 2.35. The molecule has 0 amide bonds. The number of Topliss-reactive ketones (excluding diaryl/α,β-unsaturated/α-hetero) is 2. The first-order valence-electron chi connectivity index (χ1n) is 7.57. The average Bonchev–Trinajstić information content (AvgIpc) is 2.81. The Balaban J connectivity index is 2.12. The van der Waals surface area contributed by atoms with Crippen LogP contribution < -0.4 is 10.6 Å². The lowest BCUT2D eigenvalue weighted by Gasteiger charge is -2.28. The quantitative estimate of drug-likeness (QED) is 0.866. The molecule has 0 spiro atoms. The molecule has 4 heteroatoms. The Morgan fingerprint density at radius 1 is 1.27 bits per heavy atom. The minimum atomic E-state index is 0.0513. The second-order valence-corrected chi connectivity index (χ2v) is 5.84. The number of carbonyl (C=O) groups excluding carboxylic acids is 2. The molecule has 114 valence electrons. The standard InChI is InChI=1S/C18H20N2O2/c1-11(21)13-3-5-17-15(9-13)16-10-14(12(2)22)4-6-18(16)20(17)8-7-19/h3-5,9-10,18H,6-8,19H2,1-2H3. The normalized spacial score (nSPS) is 19.2. The third-order valence-electron chi connectivity index (χ3n) is 4.41. The second kappa shape index (κ2) is 5.54. The summed E-state index contributed by atoms with van der Waals surface area (Å²) in [6.45, 7) is 4.49. The molecule has 1 aromatic rings. The van der Waals surface area contributed by atoms with Crippen molar-refractivity contribution in [2.24, 2.45) is 5.73 Å². The first-order chi connectivity index (χ1) is 10.5. The molecule has 0 radical (unpaired) electrons. The summed E-state index contributed by atoms with van der Waals surface area (Å²) in [5, 5.41) is 0.